The van der Waals surface area contributed by atoms with E-state index in [1.165, 1.54) is 17.5 Å². The van der Waals surface area contributed by atoms with Crippen LogP contribution < -0.4 is 5.32 Å². The third-order valence-corrected chi connectivity index (χ3v) is 5.78. The molecule has 0 radical (unpaired) electrons. The first kappa shape index (κ1) is 20.1. The molecule has 3 aromatic heterocycles. The van der Waals surface area contributed by atoms with Crippen molar-refractivity contribution in [3.05, 3.63) is 76.0 Å². The molecule has 1 aromatic carbocycles. The smallest absolute Gasteiger partial charge is 0.348 e. The first-order valence-electron chi connectivity index (χ1n) is 9.09. The van der Waals surface area contributed by atoms with Gasteiger partial charge in [0.15, 0.2) is 11.8 Å². The maximum Gasteiger partial charge on any atom is 0.348 e. The Morgan fingerprint density at radius 1 is 1.20 bits per heavy atom. The molecule has 0 aliphatic carbocycles. The molecular formula is C21H17ClN4O3S. The molecule has 0 aliphatic rings. The molecule has 152 valence electrons. The van der Waals surface area contributed by atoms with Crippen molar-refractivity contribution in [2.45, 2.75) is 13.5 Å². The second kappa shape index (κ2) is 8.64. The summed E-state index contributed by atoms with van der Waals surface area (Å²) in [7, 11) is 0. The van der Waals surface area contributed by atoms with E-state index in [4.69, 9.17) is 16.3 Å². The molecule has 0 aliphatic heterocycles. The first-order valence-corrected chi connectivity index (χ1v) is 10.3. The van der Waals surface area contributed by atoms with Gasteiger partial charge in [0.1, 0.15) is 9.71 Å². The van der Waals surface area contributed by atoms with Gasteiger partial charge in [0.2, 0.25) is 0 Å². The highest BCUT2D eigenvalue weighted by Gasteiger charge is 2.18. The van der Waals surface area contributed by atoms with Gasteiger partial charge in [-0.05, 0) is 30.7 Å². The third kappa shape index (κ3) is 4.34. The average molecular weight is 441 g/mol. The number of rotatable bonds is 6. The van der Waals surface area contributed by atoms with Crippen molar-refractivity contribution >= 4 is 50.7 Å². The van der Waals surface area contributed by atoms with Gasteiger partial charge in [-0.25, -0.2) is 9.78 Å². The van der Waals surface area contributed by atoms with Gasteiger partial charge < -0.3 is 10.1 Å². The summed E-state index contributed by atoms with van der Waals surface area (Å²) in [5.74, 6) is -1.06. The van der Waals surface area contributed by atoms with Crippen molar-refractivity contribution in [1.29, 1.82) is 0 Å². The van der Waals surface area contributed by atoms with E-state index in [1.54, 1.807) is 18.2 Å². The number of hydrogen-bond acceptors (Lipinski definition) is 6. The highest BCUT2D eigenvalue weighted by atomic mass is 35.5. The number of carbonyl (C=O) groups is 2. The topological polar surface area (TPSA) is 86.1 Å². The molecule has 0 bridgehead atoms. The van der Waals surface area contributed by atoms with E-state index < -0.39 is 18.5 Å². The fourth-order valence-electron chi connectivity index (χ4n) is 2.94. The van der Waals surface area contributed by atoms with Crippen LogP contribution in [0.5, 0.6) is 0 Å². The second-order valence-corrected chi connectivity index (χ2v) is 7.91. The lowest BCUT2D eigenvalue weighted by atomic mass is 10.2. The number of carbonyl (C=O) groups excluding carboxylic acids is 2. The molecule has 0 saturated carbocycles. The highest BCUT2D eigenvalue weighted by molar-refractivity contribution is 7.20. The van der Waals surface area contributed by atoms with Crippen LogP contribution in [0, 0.1) is 6.92 Å². The molecular weight excluding hydrogens is 424 g/mol. The summed E-state index contributed by atoms with van der Waals surface area (Å²) in [5, 5.41) is 8.19. The molecule has 0 saturated heterocycles. The minimum Gasteiger partial charge on any atom is -0.451 e. The first-order chi connectivity index (χ1) is 14.5. The van der Waals surface area contributed by atoms with E-state index in [0.29, 0.717) is 17.1 Å². The van der Waals surface area contributed by atoms with Gasteiger partial charge in [0.25, 0.3) is 5.91 Å². The van der Waals surface area contributed by atoms with Gasteiger partial charge in [-0.1, -0.05) is 41.9 Å². The van der Waals surface area contributed by atoms with Crippen LogP contribution in [-0.4, -0.2) is 33.2 Å². The summed E-state index contributed by atoms with van der Waals surface area (Å²) in [6.45, 7) is 2.08. The Morgan fingerprint density at radius 2 is 2.00 bits per heavy atom. The number of hydrogen-bond donors (Lipinski definition) is 1. The zero-order valence-corrected chi connectivity index (χ0v) is 17.5. The maximum atomic E-state index is 12.5. The minimum atomic E-state index is -0.561. The number of aryl methyl sites for hydroxylation is 1. The van der Waals surface area contributed by atoms with Crippen molar-refractivity contribution in [3.8, 4) is 0 Å². The van der Waals surface area contributed by atoms with Crippen molar-refractivity contribution in [2.24, 2.45) is 0 Å². The predicted molar refractivity (Wildman–Crippen MR) is 116 cm³/mol. The van der Waals surface area contributed by atoms with Crippen molar-refractivity contribution in [2.75, 3.05) is 11.9 Å². The number of ether oxygens (including phenoxy) is 1. The maximum absolute atomic E-state index is 12.5. The Balaban J connectivity index is 1.44. The summed E-state index contributed by atoms with van der Waals surface area (Å²) in [6.07, 6.45) is 1.51. The molecule has 4 rings (SSSR count). The van der Waals surface area contributed by atoms with E-state index in [1.807, 2.05) is 41.9 Å². The lowest BCUT2D eigenvalue weighted by molar-refractivity contribution is -0.119. The number of fused-ring (bicyclic) bond motifs is 1. The lowest BCUT2D eigenvalue weighted by Gasteiger charge is -2.06. The molecule has 0 atom stereocenters. The number of nitrogens with one attached hydrogen (secondary N) is 1. The van der Waals surface area contributed by atoms with Gasteiger partial charge in [0, 0.05) is 11.6 Å². The molecule has 9 heteroatoms. The molecule has 30 heavy (non-hydrogen) atoms. The van der Waals surface area contributed by atoms with E-state index in [2.05, 4.69) is 15.4 Å². The molecule has 0 unspecified atom stereocenters. The van der Waals surface area contributed by atoms with Gasteiger partial charge in [-0.2, -0.15) is 5.10 Å². The van der Waals surface area contributed by atoms with Crippen LogP contribution in [0.4, 0.5) is 5.69 Å². The quantitative estimate of drug-likeness (QED) is 0.357. The highest BCUT2D eigenvalue weighted by Crippen LogP contribution is 2.29. The fourth-order valence-corrected chi connectivity index (χ4v) is 4.17. The van der Waals surface area contributed by atoms with Crippen molar-refractivity contribution in [3.63, 3.8) is 0 Å². The summed E-state index contributed by atoms with van der Waals surface area (Å²) in [4.78, 5) is 29.7. The summed E-state index contributed by atoms with van der Waals surface area (Å²) >= 11 is 7.20. The van der Waals surface area contributed by atoms with E-state index >= 15 is 0 Å². The fraction of sp³-hybridized carbons (Fsp3) is 0.143. The van der Waals surface area contributed by atoms with Crippen LogP contribution in [-0.2, 0) is 16.1 Å². The van der Waals surface area contributed by atoms with Gasteiger partial charge in [-0.3, -0.25) is 9.48 Å². The van der Waals surface area contributed by atoms with Crippen LogP contribution in [0.3, 0.4) is 0 Å². The SMILES string of the molecule is Cc1nn(Cc2ccccc2)c2sc(C(=O)OCC(=O)Nc3cccnc3Cl)cc12. The van der Waals surface area contributed by atoms with Crippen LogP contribution in [0.2, 0.25) is 5.15 Å². The Bertz CT molecular complexity index is 1220. The second-order valence-electron chi connectivity index (χ2n) is 6.52. The largest absolute Gasteiger partial charge is 0.451 e. The molecule has 3 heterocycles. The van der Waals surface area contributed by atoms with E-state index in [0.717, 1.165) is 21.5 Å². The molecule has 4 aromatic rings. The Hall–Kier alpha value is -3.23. The van der Waals surface area contributed by atoms with Gasteiger partial charge in [-0.15, -0.1) is 11.3 Å². The Morgan fingerprint density at radius 3 is 2.77 bits per heavy atom. The number of pyridine rings is 1. The monoisotopic (exact) mass is 440 g/mol. The number of nitrogens with zero attached hydrogens (tertiary/aromatic N) is 3. The van der Waals surface area contributed by atoms with Crippen LogP contribution >= 0.6 is 22.9 Å². The van der Waals surface area contributed by atoms with Gasteiger partial charge in [0.05, 0.1) is 17.9 Å². The third-order valence-electron chi connectivity index (χ3n) is 4.35. The zero-order valence-electron chi connectivity index (χ0n) is 16.0. The number of halogens is 1. The Kier molecular flexibility index (Phi) is 5.78. The van der Waals surface area contributed by atoms with Gasteiger partial charge >= 0.3 is 5.97 Å². The zero-order chi connectivity index (χ0) is 21.1. The van der Waals surface area contributed by atoms with Crippen LogP contribution in [0.25, 0.3) is 10.2 Å². The summed E-state index contributed by atoms with van der Waals surface area (Å²) in [6, 6.07) is 15.0. The number of aromatic nitrogens is 3. The average Bonchev–Trinajstić information content (AvgIpc) is 3.30. The normalized spacial score (nSPS) is 10.9. The number of thiophene rings is 1. The molecule has 0 spiro atoms. The Labute approximate surface area is 181 Å². The molecule has 0 fully saturated rings. The van der Waals surface area contributed by atoms with E-state index in [9.17, 15) is 9.59 Å². The van der Waals surface area contributed by atoms with Crippen molar-refractivity contribution in [1.82, 2.24) is 14.8 Å². The van der Waals surface area contributed by atoms with Crippen LogP contribution in [0.15, 0.2) is 54.7 Å². The molecule has 7 nitrogen and oxygen atoms in total. The lowest BCUT2D eigenvalue weighted by Crippen LogP contribution is -2.20. The van der Waals surface area contributed by atoms with E-state index in [-0.39, 0.29) is 5.15 Å². The number of anilines is 1. The summed E-state index contributed by atoms with van der Waals surface area (Å²) < 4.78 is 7.04. The number of benzene rings is 1. The minimum absolute atomic E-state index is 0.167. The molecule has 1 N–H and O–H groups in total. The predicted octanol–water partition coefficient (Wildman–Crippen LogP) is 4.30. The molecule has 1 amide bonds. The number of amides is 1. The number of esters is 1. The summed E-state index contributed by atoms with van der Waals surface area (Å²) in [5.41, 5.74) is 2.31. The standard InChI is InChI=1S/C21H17ClN4O3S/c1-13-15-10-17(30-20(15)26(25-13)11-14-6-3-2-4-7-14)21(28)29-12-18(27)24-16-8-5-9-23-19(16)22/h2-10H,11-12H2,1H3,(H,24,27). The van der Waals surface area contributed by atoms with Crippen LogP contribution in [0.1, 0.15) is 20.9 Å². The van der Waals surface area contributed by atoms with Crippen molar-refractivity contribution < 1.29 is 14.3 Å².